The van der Waals surface area contributed by atoms with Crippen molar-refractivity contribution in [2.75, 3.05) is 0 Å². The van der Waals surface area contributed by atoms with Gasteiger partial charge in [0.15, 0.2) is 0 Å². The van der Waals surface area contributed by atoms with Gasteiger partial charge in [0.2, 0.25) is 0 Å². The Bertz CT molecular complexity index is 647. The van der Waals surface area contributed by atoms with Gasteiger partial charge in [-0.05, 0) is 18.4 Å². The maximum Gasteiger partial charge on any atom is 0.271 e. The largest absolute Gasteiger partial charge is 0.391 e. The molecule has 0 spiro atoms. The molecule has 1 heterocycles. The van der Waals surface area contributed by atoms with E-state index in [1.165, 1.54) is 37.8 Å². The van der Waals surface area contributed by atoms with Crippen molar-refractivity contribution >= 4 is 16.6 Å². The Balaban J connectivity index is 1.76. The number of fused-ring (bicyclic) bond motifs is 1. The SMILES string of the molecule is O=[N+]([O-])c1ccc2cnn(CC(O)CC3CCCC3)c2c1. The summed E-state index contributed by atoms with van der Waals surface area (Å²) in [7, 11) is 0. The third kappa shape index (κ3) is 3.05. The van der Waals surface area contributed by atoms with Gasteiger partial charge in [0.25, 0.3) is 5.69 Å². The first-order chi connectivity index (χ1) is 10.1. The molecule has 1 aliphatic carbocycles. The monoisotopic (exact) mass is 289 g/mol. The van der Waals surface area contributed by atoms with Crippen molar-refractivity contribution in [3.8, 4) is 0 Å². The number of nitro benzene ring substituents is 1. The third-order valence-electron chi connectivity index (χ3n) is 4.30. The van der Waals surface area contributed by atoms with Crippen LogP contribution in [0.2, 0.25) is 0 Å². The number of non-ortho nitro benzene ring substituents is 1. The number of nitrogens with zero attached hydrogens (tertiary/aromatic N) is 3. The molecule has 0 aliphatic heterocycles. The van der Waals surface area contributed by atoms with Crippen molar-refractivity contribution in [2.24, 2.45) is 5.92 Å². The first-order valence-electron chi connectivity index (χ1n) is 7.41. The lowest BCUT2D eigenvalue weighted by Crippen LogP contribution is -2.19. The van der Waals surface area contributed by atoms with Crippen LogP contribution in [-0.4, -0.2) is 25.9 Å². The van der Waals surface area contributed by atoms with Gasteiger partial charge in [-0.2, -0.15) is 5.10 Å². The molecule has 1 fully saturated rings. The molecule has 112 valence electrons. The summed E-state index contributed by atoms with van der Waals surface area (Å²) in [5.41, 5.74) is 0.754. The topological polar surface area (TPSA) is 81.2 Å². The molecule has 0 bridgehead atoms. The molecule has 1 aromatic carbocycles. The molecule has 1 aliphatic rings. The van der Waals surface area contributed by atoms with Crippen molar-refractivity contribution in [1.29, 1.82) is 0 Å². The Hall–Kier alpha value is -1.95. The number of nitro groups is 1. The molecule has 1 atom stereocenters. The molecule has 1 saturated carbocycles. The number of hydrogen-bond donors (Lipinski definition) is 1. The van der Waals surface area contributed by atoms with E-state index in [0.717, 1.165) is 11.8 Å². The lowest BCUT2D eigenvalue weighted by molar-refractivity contribution is -0.384. The van der Waals surface area contributed by atoms with Gasteiger partial charge in [0.1, 0.15) is 0 Å². The van der Waals surface area contributed by atoms with Crippen LogP contribution in [-0.2, 0) is 6.54 Å². The fraction of sp³-hybridized carbons (Fsp3) is 0.533. The highest BCUT2D eigenvalue weighted by Gasteiger charge is 2.20. The summed E-state index contributed by atoms with van der Waals surface area (Å²) < 4.78 is 1.67. The van der Waals surface area contributed by atoms with Gasteiger partial charge in [-0.15, -0.1) is 0 Å². The van der Waals surface area contributed by atoms with Crippen LogP contribution in [0, 0.1) is 16.0 Å². The first kappa shape index (κ1) is 14.0. The lowest BCUT2D eigenvalue weighted by Gasteiger charge is -2.15. The van der Waals surface area contributed by atoms with Crippen molar-refractivity contribution < 1.29 is 10.0 Å². The Kier molecular flexibility index (Phi) is 3.88. The van der Waals surface area contributed by atoms with Gasteiger partial charge in [-0.3, -0.25) is 14.8 Å². The van der Waals surface area contributed by atoms with E-state index < -0.39 is 11.0 Å². The van der Waals surface area contributed by atoms with Crippen LogP contribution in [0.3, 0.4) is 0 Å². The standard InChI is InChI=1S/C15H19N3O3/c19-14(7-11-3-1-2-4-11)10-17-15-8-13(18(20)21)6-5-12(15)9-16-17/h5-6,8-9,11,14,19H,1-4,7,10H2. The second-order valence-electron chi connectivity index (χ2n) is 5.87. The molecule has 0 amide bonds. The van der Waals surface area contributed by atoms with E-state index >= 15 is 0 Å². The highest BCUT2D eigenvalue weighted by atomic mass is 16.6. The molecule has 6 nitrogen and oxygen atoms in total. The molecule has 0 radical (unpaired) electrons. The van der Waals surface area contributed by atoms with E-state index in [0.29, 0.717) is 18.0 Å². The van der Waals surface area contributed by atoms with Crippen molar-refractivity contribution in [3.05, 3.63) is 34.5 Å². The van der Waals surface area contributed by atoms with Crippen LogP contribution in [0.4, 0.5) is 5.69 Å². The normalized spacial score (nSPS) is 17.4. The predicted molar refractivity (Wildman–Crippen MR) is 79.0 cm³/mol. The Morgan fingerprint density at radius 3 is 2.90 bits per heavy atom. The van der Waals surface area contributed by atoms with Gasteiger partial charge in [0, 0.05) is 17.5 Å². The molecule has 2 aromatic rings. The van der Waals surface area contributed by atoms with Gasteiger partial charge < -0.3 is 5.11 Å². The van der Waals surface area contributed by atoms with Crippen LogP contribution in [0.25, 0.3) is 10.9 Å². The van der Waals surface area contributed by atoms with E-state index in [1.807, 2.05) is 0 Å². The number of aliphatic hydroxyl groups is 1. The number of aliphatic hydroxyl groups excluding tert-OH is 1. The van der Waals surface area contributed by atoms with Gasteiger partial charge in [-0.1, -0.05) is 25.7 Å². The maximum absolute atomic E-state index is 10.9. The highest BCUT2D eigenvalue weighted by Crippen LogP contribution is 2.29. The summed E-state index contributed by atoms with van der Waals surface area (Å²) in [5, 5.41) is 26.2. The van der Waals surface area contributed by atoms with E-state index in [1.54, 1.807) is 16.9 Å². The fourth-order valence-corrected chi connectivity index (χ4v) is 3.22. The average Bonchev–Trinajstić information content (AvgIpc) is 3.08. The minimum atomic E-state index is -0.449. The highest BCUT2D eigenvalue weighted by molar-refractivity contribution is 5.80. The van der Waals surface area contributed by atoms with Gasteiger partial charge >= 0.3 is 0 Å². The predicted octanol–water partition coefficient (Wildman–Crippen LogP) is 2.89. The van der Waals surface area contributed by atoms with E-state index in [2.05, 4.69) is 5.10 Å². The number of hydrogen-bond acceptors (Lipinski definition) is 4. The van der Waals surface area contributed by atoms with Crippen LogP contribution in [0.5, 0.6) is 0 Å². The Morgan fingerprint density at radius 2 is 2.19 bits per heavy atom. The summed E-state index contributed by atoms with van der Waals surface area (Å²) in [6, 6.07) is 4.69. The minimum Gasteiger partial charge on any atom is -0.391 e. The van der Waals surface area contributed by atoms with Crippen LogP contribution in [0.1, 0.15) is 32.1 Å². The molecular formula is C15H19N3O3. The zero-order chi connectivity index (χ0) is 14.8. The Labute approximate surface area is 122 Å². The molecule has 21 heavy (non-hydrogen) atoms. The minimum absolute atomic E-state index is 0.0505. The maximum atomic E-state index is 10.9. The van der Waals surface area contributed by atoms with E-state index in [4.69, 9.17) is 0 Å². The zero-order valence-electron chi connectivity index (χ0n) is 11.8. The lowest BCUT2D eigenvalue weighted by atomic mass is 10.00. The average molecular weight is 289 g/mol. The third-order valence-corrected chi connectivity index (χ3v) is 4.30. The molecular weight excluding hydrogens is 270 g/mol. The molecule has 3 rings (SSSR count). The van der Waals surface area contributed by atoms with Gasteiger partial charge in [-0.25, -0.2) is 0 Å². The Morgan fingerprint density at radius 1 is 1.43 bits per heavy atom. The first-order valence-corrected chi connectivity index (χ1v) is 7.41. The number of rotatable bonds is 5. The molecule has 6 heteroatoms. The molecule has 1 N–H and O–H groups in total. The summed E-state index contributed by atoms with van der Waals surface area (Å²) in [5.74, 6) is 0.608. The van der Waals surface area contributed by atoms with Crippen molar-refractivity contribution in [1.82, 2.24) is 9.78 Å². The second-order valence-corrected chi connectivity index (χ2v) is 5.87. The number of benzene rings is 1. The summed E-state index contributed by atoms with van der Waals surface area (Å²) in [6.07, 6.45) is 6.93. The van der Waals surface area contributed by atoms with E-state index in [-0.39, 0.29) is 5.69 Å². The van der Waals surface area contributed by atoms with Crippen LogP contribution < -0.4 is 0 Å². The fourth-order valence-electron chi connectivity index (χ4n) is 3.22. The quantitative estimate of drug-likeness (QED) is 0.678. The zero-order valence-corrected chi connectivity index (χ0v) is 11.8. The van der Waals surface area contributed by atoms with Crippen molar-refractivity contribution in [2.45, 2.75) is 44.8 Å². The summed E-state index contributed by atoms with van der Waals surface area (Å²) in [4.78, 5) is 10.4. The van der Waals surface area contributed by atoms with Crippen LogP contribution in [0.15, 0.2) is 24.4 Å². The number of aromatic nitrogens is 2. The molecule has 1 aromatic heterocycles. The van der Waals surface area contributed by atoms with Crippen LogP contribution >= 0.6 is 0 Å². The molecule has 0 saturated heterocycles. The molecule has 1 unspecified atom stereocenters. The summed E-state index contributed by atoms with van der Waals surface area (Å²) in [6.45, 7) is 0.390. The van der Waals surface area contributed by atoms with Gasteiger partial charge in [0.05, 0.1) is 29.3 Å². The van der Waals surface area contributed by atoms with Crippen molar-refractivity contribution in [3.63, 3.8) is 0 Å². The smallest absolute Gasteiger partial charge is 0.271 e. The summed E-state index contributed by atoms with van der Waals surface area (Å²) >= 11 is 0. The second kappa shape index (κ2) is 5.81. The van der Waals surface area contributed by atoms with E-state index in [9.17, 15) is 15.2 Å².